The fourth-order valence-electron chi connectivity index (χ4n) is 2.87. The van der Waals surface area contributed by atoms with Gasteiger partial charge in [-0.2, -0.15) is 8.78 Å². The Hall–Kier alpha value is -3.02. The van der Waals surface area contributed by atoms with Crippen molar-refractivity contribution in [1.29, 1.82) is 0 Å². The zero-order valence-corrected chi connectivity index (χ0v) is 15.8. The molecule has 0 aromatic heterocycles. The first-order valence-corrected chi connectivity index (χ1v) is 9.25. The quantitative estimate of drug-likeness (QED) is 0.295. The van der Waals surface area contributed by atoms with Gasteiger partial charge >= 0.3 is 6.61 Å². The number of benzene rings is 3. The van der Waals surface area contributed by atoms with Crippen molar-refractivity contribution in [1.82, 2.24) is 0 Å². The van der Waals surface area contributed by atoms with E-state index >= 15 is 0 Å². The minimum Gasteiger partial charge on any atom is -0.494 e. The van der Waals surface area contributed by atoms with Crippen molar-refractivity contribution in [3.05, 3.63) is 72.3 Å². The second-order valence-corrected chi connectivity index (χ2v) is 6.44. The largest absolute Gasteiger partial charge is 0.494 e. The second-order valence-electron chi connectivity index (χ2n) is 6.44. The molecule has 3 rings (SSSR count). The molecule has 0 saturated carbocycles. The SMILES string of the molecule is CCCCOc1ccc(-c2ccc(-c3ccc(OC(F)F)c(F)c3)c(F)c2)cc1. The fourth-order valence-corrected chi connectivity index (χ4v) is 2.87. The predicted octanol–water partition coefficient (Wildman–Crippen LogP) is 7.08. The zero-order chi connectivity index (χ0) is 20.8. The Morgan fingerprint density at radius 3 is 2.07 bits per heavy atom. The van der Waals surface area contributed by atoms with Crippen molar-refractivity contribution in [3.63, 3.8) is 0 Å². The van der Waals surface area contributed by atoms with Crippen LogP contribution in [-0.4, -0.2) is 13.2 Å². The number of unbranched alkanes of at least 4 members (excludes halogenated alkanes) is 1. The van der Waals surface area contributed by atoms with Crippen LogP contribution in [-0.2, 0) is 0 Å². The normalized spacial score (nSPS) is 11.0. The summed E-state index contributed by atoms with van der Waals surface area (Å²) in [6, 6.07) is 15.3. The molecule has 0 atom stereocenters. The van der Waals surface area contributed by atoms with E-state index in [4.69, 9.17) is 4.74 Å². The smallest absolute Gasteiger partial charge is 0.387 e. The maximum atomic E-state index is 14.7. The molecule has 0 spiro atoms. The molecule has 0 bridgehead atoms. The fraction of sp³-hybridized carbons (Fsp3) is 0.217. The first-order valence-electron chi connectivity index (χ1n) is 9.25. The third kappa shape index (κ3) is 5.28. The molecule has 0 aliphatic rings. The van der Waals surface area contributed by atoms with Crippen molar-refractivity contribution < 1.29 is 27.0 Å². The van der Waals surface area contributed by atoms with Crippen LogP contribution in [0, 0.1) is 11.6 Å². The highest BCUT2D eigenvalue weighted by Crippen LogP contribution is 2.31. The Morgan fingerprint density at radius 2 is 1.45 bits per heavy atom. The molecule has 0 fully saturated rings. The summed E-state index contributed by atoms with van der Waals surface area (Å²) in [6.07, 6.45) is 2.03. The van der Waals surface area contributed by atoms with E-state index in [1.54, 1.807) is 6.07 Å². The van der Waals surface area contributed by atoms with Crippen molar-refractivity contribution in [3.8, 4) is 33.8 Å². The van der Waals surface area contributed by atoms with Crippen LogP contribution in [0.3, 0.4) is 0 Å². The second kappa shape index (κ2) is 9.45. The van der Waals surface area contributed by atoms with Crippen LogP contribution >= 0.6 is 0 Å². The van der Waals surface area contributed by atoms with E-state index in [9.17, 15) is 17.6 Å². The minimum atomic E-state index is -3.13. The molecule has 6 heteroatoms. The van der Waals surface area contributed by atoms with Crippen molar-refractivity contribution in [2.45, 2.75) is 26.4 Å². The van der Waals surface area contributed by atoms with Crippen molar-refractivity contribution in [2.75, 3.05) is 6.61 Å². The van der Waals surface area contributed by atoms with Crippen LogP contribution in [0.25, 0.3) is 22.3 Å². The van der Waals surface area contributed by atoms with Gasteiger partial charge in [-0.25, -0.2) is 8.78 Å². The summed E-state index contributed by atoms with van der Waals surface area (Å²) in [5.74, 6) is -1.36. The van der Waals surface area contributed by atoms with Crippen LogP contribution in [0.4, 0.5) is 17.6 Å². The summed E-state index contributed by atoms with van der Waals surface area (Å²) in [4.78, 5) is 0. The lowest BCUT2D eigenvalue weighted by atomic mass is 9.99. The van der Waals surface area contributed by atoms with Gasteiger partial charge in [-0.3, -0.25) is 0 Å². The summed E-state index contributed by atoms with van der Waals surface area (Å²) in [7, 11) is 0. The first kappa shape index (κ1) is 20.7. The molecule has 0 N–H and O–H groups in total. The molecule has 29 heavy (non-hydrogen) atoms. The predicted molar refractivity (Wildman–Crippen MR) is 104 cm³/mol. The lowest BCUT2D eigenvalue weighted by Crippen LogP contribution is -2.03. The molecule has 3 aromatic rings. The van der Waals surface area contributed by atoms with Crippen molar-refractivity contribution >= 4 is 0 Å². The maximum absolute atomic E-state index is 14.7. The van der Waals surface area contributed by atoms with Gasteiger partial charge in [0.05, 0.1) is 6.61 Å². The van der Waals surface area contributed by atoms with E-state index in [0.29, 0.717) is 12.2 Å². The van der Waals surface area contributed by atoms with E-state index in [1.807, 2.05) is 24.3 Å². The molecule has 152 valence electrons. The van der Waals surface area contributed by atoms with E-state index in [-0.39, 0.29) is 11.1 Å². The van der Waals surface area contributed by atoms with Gasteiger partial charge in [0.2, 0.25) is 0 Å². The number of alkyl halides is 2. The first-order chi connectivity index (χ1) is 14.0. The standard InChI is InChI=1S/C23H20F4O2/c1-2-3-12-28-18-8-4-15(5-9-18)16-6-10-19(20(24)13-16)17-7-11-22(21(25)14-17)29-23(26)27/h4-11,13-14,23H,2-3,12H2,1H3. The Kier molecular flexibility index (Phi) is 6.75. The third-order valence-corrected chi connectivity index (χ3v) is 4.38. The lowest BCUT2D eigenvalue weighted by Gasteiger charge is -2.10. The molecule has 0 aliphatic carbocycles. The number of ether oxygens (including phenoxy) is 2. The molecule has 0 aliphatic heterocycles. The summed E-state index contributed by atoms with van der Waals surface area (Å²) in [5.41, 5.74) is 1.86. The van der Waals surface area contributed by atoms with Crippen LogP contribution in [0.15, 0.2) is 60.7 Å². The summed E-state index contributed by atoms with van der Waals surface area (Å²) < 4.78 is 62.7. The summed E-state index contributed by atoms with van der Waals surface area (Å²) in [6.45, 7) is -0.392. The molecular formula is C23H20F4O2. The molecule has 0 saturated heterocycles. The zero-order valence-electron chi connectivity index (χ0n) is 15.8. The molecule has 2 nitrogen and oxygen atoms in total. The Morgan fingerprint density at radius 1 is 0.793 bits per heavy atom. The molecule has 0 radical (unpaired) electrons. The van der Waals surface area contributed by atoms with Crippen LogP contribution in [0.2, 0.25) is 0 Å². The van der Waals surface area contributed by atoms with E-state index in [1.165, 1.54) is 18.2 Å². The van der Waals surface area contributed by atoms with E-state index in [0.717, 1.165) is 36.3 Å². The molecule has 0 heterocycles. The lowest BCUT2D eigenvalue weighted by molar-refractivity contribution is -0.0521. The van der Waals surface area contributed by atoms with Gasteiger partial charge in [0.1, 0.15) is 11.6 Å². The monoisotopic (exact) mass is 404 g/mol. The summed E-state index contributed by atoms with van der Waals surface area (Å²) in [5, 5.41) is 0. The number of hydrogen-bond acceptors (Lipinski definition) is 2. The molecule has 0 unspecified atom stereocenters. The highest BCUT2D eigenvalue weighted by Gasteiger charge is 2.13. The van der Waals surface area contributed by atoms with Crippen molar-refractivity contribution in [2.24, 2.45) is 0 Å². The van der Waals surface area contributed by atoms with Crippen LogP contribution < -0.4 is 9.47 Å². The van der Waals surface area contributed by atoms with Gasteiger partial charge in [-0.15, -0.1) is 0 Å². The van der Waals surface area contributed by atoms with Crippen LogP contribution in [0.5, 0.6) is 11.5 Å². The Labute approximate surface area is 166 Å². The topological polar surface area (TPSA) is 18.5 Å². The molecule has 3 aromatic carbocycles. The Bertz CT molecular complexity index is 956. The third-order valence-electron chi connectivity index (χ3n) is 4.38. The van der Waals surface area contributed by atoms with Gasteiger partial charge in [0, 0.05) is 5.56 Å². The molecular weight excluding hydrogens is 384 g/mol. The van der Waals surface area contributed by atoms with Gasteiger partial charge in [0.15, 0.2) is 11.6 Å². The van der Waals surface area contributed by atoms with E-state index < -0.39 is 24.0 Å². The minimum absolute atomic E-state index is 0.163. The number of halogens is 4. The molecule has 0 amide bonds. The maximum Gasteiger partial charge on any atom is 0.387 e. The van der Waals surface area contributed by atoms with Gasteiger partial charge < -0.3 is 9.47 Å². The van der Waals surface area contributed by atoms with Gasteiger partial charge in [0.25, 0.3) is 0 Å². The average Bonchev–Trinajstić information content (AvgIpc) is 2.70. The highest BCUT2D eigenvalue weighted by atomic mass is 19.3. The van der Waals surface area contributed by atoms with Gasteiger partial charge in [-0.05, 0) is 53.4 Å². The van der Waals surface area contributed by atoms with Crippen LogP contribution in [0.1, 0.15) is 19.8 Å². The van der Waals surface area contributed by atoms with Gasteiger partial charge in [-0.1, -0.05) is 43.7 Å². The summed E-state index contributed by atoms with van der Waals surface area (Å²) >= 11 is 0. The highest BCUT2D eigenvalue weighted by molar-refractivity contribution is 5.71. The average molecular weight is 404 g/mol. The Balaban J connectivity index is 1.79. The number of rotatable bonds is 8. The van der Waals surface area contributed by atoms with E-state index in [2.05, 4.69) is 11.7 Å². The number of hydrogen-bond donors (Lipinski definition) is 0.